The standard InChI is InChI=1S/C56H53Cl2N5O8/c1-35-41(11-7-13-46(35)47-14-8-12-42(36(47)2)33-71-54-20-52(45(29-64)18-49(54)58)69-30-39-15-38(22-59-3)23-60-24-39)32-70-53-19-51(68-31-40-16-43(26-61-25-40)50-28-62-50)44(17-48(53)57)27-63-56(34-65,55(66)67)21-37-9-5-4-6-10-37/h4-20,22-26,28,50,63-65H,21,27,29-34H2,1-3H3,(H,66,67)/b59-22+. The van der Waals surface area contributed by atoms with E-state index in [1.165, 1.54) is 0 Å². The van der Waals surface area contributed by atoms with E-state index in [0.29, 0.717) is 44.2 Å². The molecule has 2 atom stereocenters. The molecule has 71 heavy (non-hydrogen) atoms. The average molecular weight is 995 g/mol. The second-order valence-corrected chi connectivity index (χ2v) is 18.0. The molecule has 0 aliphatic carbocycles. The number of aliphatic carboxylic acids is 1. The van der Waals surface area contributed by atoms with Crippen LogP contribution in [-0.2, 0) is 50.8 Å². The second-order valence-electron chi connectivity index (χ2n) is 17.2. The van der Waals surface area contributed by atoms with E-state index in [1.807, 2.05) is 72.9 Å². The van der Waals surface area contributed by atoms with Crippen LogP contribution in [0, 0.1) is 13.8 Å². The maximum absolute atomic E-state index is 12.7. The van der Waals surface area contributed by atoms with E-state index in [-0.39, 0.29) is 52.0 Å². The lowest BCUT2D eigenvalue weighted by molar-refractivity contribution is -0.146. The zero-order chi connectivity index (χ0) is 49.9. The summed E-state index contributed by atoms with van der Waals surface area (Å²) in [6.45, 7) is 3.96. The SMILES string of the molecule is C/N=C/c1cncc(COc2cc(OCc3cccc(-c4cccc(COc5cc(OCc6cncc(C7C=N7)c6)c(CNC(CO)(Cc6ccccc6)C(=O)O)cc5Cl)c4C)c3C)c(Cl)cc2CO)c1. The molecule has 0 saturated carbocycles. The molecule has 0 fully saturated rings. The summed E-state index contributed by atoms with van der Waals surface area (Å²) in [6, 6.07) is 32.0. The average Bonchev–Trinajstić information content (AvgIpc) is 4.24. The maximum Gasteiger partial charge on any atom is 0.326 e. The molecule has 0 radical (unpaired) electrons. The maximum atomic E-state index is 12.7. The first-order chi connectivity index (χ1) is 34.5. The Bertz CT molecular complexity index is 3070. The molecule has 1 aliphatic rings. The number of halogens is 2. The Kier molecular flexibility index (Phi) is 16.4. The van der Waals surface area contributed by atoms with Crippen LogP contribution in [0.15, 0.2) is 138 Å². The molecule has 0 saturated heterocycles. The Morgan fingerprint density at radius 3 is 1.80 bits per heavy atom. The van der Waals surface area contributed by atoms with Crippen molar-refractivity contribution in [3.05, 3.63) is 199 Å². The number of pyridine rings is 2. The van der Waals surface area contributed by atoms with Gasteiger partial charge >= 0.3 is 5.97 Å². The van der Waals surface area contributed by atoms with Gasteiger partial charge in [0.2, 0.25) is 0 Å². The molecule has 4 N–H and O–H groups in total. The van der Waals surface area contributed by atoms with Crippen molar-refractivity contribution in [2.75, 3.05) is 13.7 Å². The van der Waals surface area contributed by atoms with E-state index in [4.69, 9.17) is 42.1 Å². The van der Waals surface area contributed by atoms with Gasteiger partial charge in [-0.1, -0.05) is 89.9 Å². The molecule has 15 heteroatoms. The molecule has 8 rings (SSSR count). The van der Waals surface area contributed by atoms with Crippen LogP contribution in [0.3, 0.4) is 0 Å². The highest BCUT2D eigenvalue weighted by molar-refractivity contribution is 6.32. The number of nitrogens with zero attached hydrogens (tertiary/aromatic N) is 4. The Morgan fingerprint density at radius 2 is 1.24 bits per heavy atom. The summed E-state index contributed by atoms with van der Waals surface area (Å²) in [5.41, 5.74) is 9.57. The number of aliphatic imine (C=N–C) groups is 2. The predicted octanol–water partition coefficient (Wildman–Crippen LogP) is 10.2. The fourth-order valence-electron chi connectivity index (χ4n) is 8.17. The first-order valence-corrected chi connectivity index (χ1v) is 23.6. The number of carboxylic acids is 1. The molecule has 7 aromatic rings. The normalized spacial score (nSPS) is 13.8. The lowest BCUT2D eigenvalue weighted by Gasteiger charge is -2.29. The fraction of sp³-hybridized carbons (Fsp3) is 0.232. The van der Waals surface area contributed by atoms with Crippen LogP contribution in [0.25, 0.3) is 11.1 Å². The molecule has 3 heterocycles. The molecular formula is C56H53Cl2N5O8. The highest BCUT2D eigenvalue weighted by Crippen LogP contribution is 2.38. The van der Waals surface area contributed by atoms with Gasteiger partial charge in [-0.15, -0.1) is 0 Å². The van der Waals surface area contributed by atoms with E-state index in [0.717, 1.165) is 61.2 Å². The molecule has 0 bridgehead atoms. The van der Waals surface area contributed by atoms with E-state index in [9.17, 15) is 20.1 Å². The summed E-state index contributed by atoms with van der Waals surface area (Å²) in [7, 11) is 1.70. The largest absolute Gasteiger partial charge is 0.488 e. The van der Waals surface area contributed by atoms with E-state index >= 15 is 0 Å². The summed E-state index contributed by atoms with van der Waals surface area (Å²) >= 11 is 13.6. The van der Waals surface area contributed by atoms with Gasteiger partial charge in [0, 0.05) is 103 Å². The summed E-state index contributed by atoms with van der Waals surface area (Å²) < 4.78 is 25.3. The van der Waals surface area contributed by atoms with Gasteiger partial charge in [-0.2, -0.15) is 0 Å². The van der Waals surface area contributed by atoms with Gasteiger partial charge in [0.15, 0.2) is 0 Å². The number of benzene rings is 5. The van der Waals surface area contributed by atoms with E-state index in [1.54, 1.807) is 62.3 Å². The topological polar surface area (TPSA) is 177 Å². The Labute approximate surface area is 422 Å². The minimum absolute atomic E-state index is 0.00969. The summed E-state index contributed by atoms with van der Waals surface area (Å²) in [4.78, 5) is 29.7. The highest BCUT2D eigenvalue weighted by Gasteiger charge is 2.38. The number of hydrogen-bond acceptors (Lipinski definition) is 12. The first-order valence-electron chi connectivity index (χ1n) is 22.9. The van der Waals surface area contributed by atoms with Crippen LogP contribution in [0.2, 0.25) is 10.0 Å². The van der Waals surface area contributed by atoms with Gasteiger partial charge in [0.05, 0.1) is 23.3 Å². The first kappa shape index (κ1) is 50.3. The number of carboxylic acid groups (broad SMARTS) is 1. The molecule has 5 aromatic carbocycles. The molecule has 13 nitrogen and oxygen atoms in total. The number of carbonyl (C=O) groups is 1. The molecular weight excluding hydrogens is 942 g/mol. The highest BCUT2D eigenvalue weighted by atomic mass is 35.5. The zero-order valence-electron chi connectivity index (χ0n) is 39.4. The summed E-state index contributed by atoms with van der Waals surface area (Å²) in [5, 5.41) is 34.8. The summed E-state index contributed by atoms with van der Waals surface area (Å²) in [6.07, 6.45) is 10.5. The number of aliphatic hydroxyl groups excluding tert-OH is 2. The van der Waals surface area contributed by atoms with E-state index in [2.05, 4.69) is 51.2 Å². The number of nitrogens with one attached hydrogen (secondary N) is 1. The van der Waals surface area contributed by atoms with Crippen LogP contribution >= 0.6 is 23.2 Å². The molecule has 0 spiro atoms. The Balaban J connectivity index is 0.992. The molecule has 2 unspecified atom stereocenters. The fourth-order valence-corrected chi connectivity index (χ4v) is 8.65. The van der Waals surface area contributed by atoms with Crippen molar-refractivity contribution < 1.29 is 39.1 Å². The van der Waals surface area contributed by atoms with E-state index < -0.39 is 18.1 Å². The van der Waals surface area contributed by atoms with Crippen molar-refractivity contribution >= 4 is 41.6 Å². The van der Waals surface area contributed by atoms with Crippen molar-refractivity contribution in [3.8, 4) is 34.1 Å². The van der Waals surface area contributed by atoms with Crippen molar-refractivity contribution in [3.63, 3.8) is 0 Å². The molecule has 2 aromatic heterocycles. The molecule has 0 amide bonds. The smallest absolute Gasteiger partial charge is 0.326 e. The predicted molar refractivity (Wildman–Crippen MR) is 275 cm³/mol. The van der Waals surface area contributed by atoms with Gasteiger partial charge in [0.1, 0.15) is 61.0 Å². The lowest BCUT2D eigenvalue weighted by Crippen LogP contribution is -2.56. The van der Waals surface area contributed by atoms with Gasteiger partial charge in [-0.3, -0.25) is 30.1 Å². The lowest BCUT2D eigenvalue weighted by atomic mass is 9.91. The molecule has 1 aliphatic heterocycles. The second kappa shape index (κ2) is 23.2. The van der Waals surface area contributed by atoms with Crippen LogP contribution in [0.5, 0.6) is 23.0 Å². The Morgan fingerprint density at radius 1 is 0.676 bits per heavy atom. The van der Waals surface area contributed by atoms with Gasteiger partial charge in [0.25, 0.3) is 0 Å². The third kappa shape index (κ3) is 12.4. The number of aliphatic hydroxyl groups is 2. The number of rotatable bonds is 23. The summed E-state index contributed by atoms with van der Waals surface area (Å²) in [5.74, 6) is 0.449. The van der Waals surface area contributed by atoms with Gasteiger partial charge < -0.3 is 34.3 Å². The van der Waals surface area contributed by atoms with Crippen molar-refractivity contribution in [2.45, 2.75) is 71.4 Å². The van der Waals surface area contributed by atoms with Crippen LogP contribution < -0.4 is 24.3 Å². The number of hydrogen-bond donors (Lipinski definition) is 4. The third-order valence-corrected chi connectivity index (χ3v) is 12.9. The van der Waals surface area contributed by atoms with Crippen molar-refractivity contribution in [1.82, 2.24) is 15.3 Å². The van der Waals surface area contributed by atoms with Crippen LogP contribution in [-0.4, -0.2) is 62.9 Å². The Hall–Kier alpha value is -7.13. The quantitative estimate of drug-likeness (QED) is 0.0449. The van der Waals surface area contributed by atoms with Crippen molar-refractivity contribution in [2.24, 2.45) is 9.98 Å². The zero-order valence-corrected chi connectivity index (χ0v) is 41.0. The minimum Gasteiger partial charge on any atom is -0.488 e. The number of aromatic nitrogens is 2. The third-order valence-electron chi connectivity index (χ3n) is 12.3. The van der Waals surface area contributed by atoms with Gasteiger partial charge in [-0.25, -0.2) is 0 Å². The van der Waals surface area contributed by atoms with Crippen LogP contribution in [0.4, 0.5) is 0 Å². The van der Waals surface area contributed by atoms with Crippen molar-refractivity contribution in [1.29, 1.82) is 0 Å². The molecule has 364 valence electrons. The minimum atomic E-state index is -1.69. The number of ether oxygens (including phenoxy) is 4. The van der Waals surface area contributed by atoms with Gasteiger partial charge in [-0.05, 0) is 77.1 Å². The van der Waals surface area contributed by atoms with Crippen LogP contribution in [0.1, 0.15) is 67.2 Å². The monoisotopic (exact) mass is 993 g/mol.